The van der Waals surface area contributed by atoms with E-state index in [-0.39, 0.29) is 0 Å². The zero-order valence-corrected chi connectivity index (χ0v) is 17.0. The fourth-order valence-electron chi connectivity index (χ4n) is 5.12. The van der Waals surface area contributed by atoms with Crippen molar-refractivity contribution in [3.63, 3.8) is 0 Å². The second kappa shape index (κ2) is 7.50. The Hall–Kier alpha value is -2.89. The summed E-state index contributed by atoms with van der Waals surface area (Å²) < 4.78 is 5.63. The third-order valence-electron chi connectivity index (χ3n) is 6.73. The summed E-state index contributed by atoms with van der Waals surface area (Å²) in [7, 11) is 3.85. The van der Waals surface area contributed by atoms with Crippen molar-refractivity contribution in [1.82, 2.24) is 20.4 Å². The average Bonchev–Trinajstić information content (AvgIpc) is 3.42. The van der Waals surface area contributed by atoms with Crippen LogP contribution in [-0.2, 0) is 0 Å². The Morgan fingerprint density at radius 3 is 2.48 bits per heavy atom. The minimum atomic E-state index is 0.588. The quantitative estimate of drug-likeness (QED) is 0.693. The molecule has 6 nitrogen and oxygen atoms in total. The minimum absolute atomic E-state index is 0.588. The van der Waals surface area contributed by atoms with Gasteiger partial charge in [0.25, 0.3) is 0 Å². The van der Waals surface area contributed by atoms with E-state index in [1.807, 2.05) is 24.4 Å². The Labute approximate surface area is 171 Å². The van der Waals surface area contributed by atoms with E-state index < -0.39 is 0 Å². The first-order valence-corrected chi connectivity index (χ1v) is 10.5. The Balaban J connectivity index is 1.37. The van der Waals surface area contributed by atoms with E-state index in [4.69, 9.17) is 4.74 Å². The average molecular weight is 390 g/mol. The van der Waals surface area contributed by atoms with Crippen LogP contribution in [0.4, 0.5) is 5.82 Å². The van der Waals surface area contributed by atoms with Crippen LogP contribution in [0.15, 0.2) is 42.7 Å². The molecule has 2 aromatic heterocycles. The van der Waals surface area contributed by atoms with Crippen molar-refractivity contribution in [3.05, 3.63) is 42.7 Å². The first-order valence-electron chi connectivity index (χ1n) is 10.5. The molecule has 0 amide bonds. The van der Waals surface area contributed by atoms with Gasteiger partial charge in [-0.3, -0.25) is 5.10 Å². The van der Waals surface area contributed by atoms with Crippen LogP contribution in [0.5, 0.6) is 5.75 Å². The molecule has 1 aromatic carbocycles. The molecule has 150 valence electrons. The lowest BCUT2D eigenvalue weighted by molar-refractivity contribution is 0.312. The summed E-state index contributed by atoms with van der Waals surface area (Å²) >= 11 is 0. The summed E-state index contributed by atoms with van der Waals surface area (Å²) in [5, 5.41) is 16.0. The van der Waals surface area contributed by atoms with E-state index in [0.29, 0.717) is 6.04 Å². The first kappa shape index (κ1) is 18.2. The van der Waals surface area contributed by atoms with Crippen LogP contribution in [0.3, 0.4) is 0 Å². The lowest BCUT2D eigenvalue weighted by Crippen LogP contribution is -2.37. The highest BCUT2D eigenvalue weighted by Gasteiger charge is 2.36. The highest BCUT2D eigenvalue weighted by atomic mass is 16.5. The topological polar surface area (TPSA) is 66.9 Å². The van der Waals surface area contributed by atoms with Crippen LogP contribution < -0.4 is 9.64 Å². The summed E-state index contributed by atoms with van der Waals surface area (Å²) in [5.41, 5.74) is 3.84. The van der Waals surface area contributed by atoms with Crippen LogP contribution in [-0.4, -0.2) is 40.6 Å². The Bertz CT molecular complexity index is 957. The molecule has 0 aliphatic heterocycles. The third kappa shape index (κ3) is 3.48. The lowest BCUT2D eigenvalue weighted by atomic mass is 9.85. The SMILES string of the molecule is COc1cc(-c2cn[nH]c2)ccc1-c1ccc(N(C)[C@H]2C[C@@H]3CC[C@@H](C3)C2)nn1. The van der Waals surface area contributed by atoms with Crippen LogP contribution >= 0.6 is 0 Å². The molecule has 29 heavy (non-hydrogen) atoms. The standard InChI is InChI=1S/C23H27N5O/c1-28(19-10-15-3-4-16(9-15)11-19)23-8-7-21(26-27-23)20-6-5-17(12-22(20)29-2)18-13-24-25-14-18/h5-8,12-16,19H,3-4,9-11H2,1-2H3,(H,24,25)/t15-,16+,19+. The van der Waals surface area contributed by atoms with Crippen LogP contribution in [0.1, 0.15) is 32.1 Å². The van der Waals surface area contributed by atoms with Gasteiger partial charge in [0, 0.05) is 30.4 Å². The molecule has 2 aliphatic rings. The van der Waals surface area contributed by atoms with Gasteiger partial charge in [0.05, 0.1) is 19.0 Å². The maximum absolute atomic E-state index is 5.63. The minimum Gasteiger partial charge on any atom is -0.496 e. The molecule has 3 atom stereocenters. The van der Waals surface area contributed by atoms with Gasteiger partial charge in [-0.2, -0.15) is 5.10 Å². The van der Waals surface area contributed by atoms with Crippen molar-refractivity contribution in [2.75, 3.05) is 19.1 Å². The molecule has 3 aromatic rings. The number of nitrogens with zero attached hydrogens (tertiary/aromatic N) is 4. The predicted molar refractivity (Wildman–Crippen MR) is 114 cm³/mol. The maximum atomic E-state index is 5.63. The highest BCUT2D eigenvalue weighted by molar-refractivity contribution is 5.74. The normalized spacial score (nSPS) is 23.2. The summed E-state index contributed by atoms with van der Waals surface area (Å²) in [6.07, 6.45) is 10.5. The van der Waals surface area contributed by atoms with E-state index in [1.54, 1.807) is 13.3 Å². The number of hydrogen-bond donors (Lipinski definition) is 1. The maximum Gasteiger partial charge on any atom is 0.151 e. The summed E-state index contributed by atoms with van der Waals surface area (Å²) in [5.74, 6) is 3.55. The van der Waals surface area contributed by atoms with Gasteiger partial charge in [-0.05, 0) is 60.9 Å². The highest BCUT2D eigenvalue weighted by Crippen LogP contribution is 2.43. The third-order valence-corrected chi connectivity index (χ3v) is 6.73. The summed E-state index contributed by atoms with van der Waals surface area (Å²) in [6.45, 7) is 0. The smallest absolute Gasteiger partial charge is 0.151 e. The largest absolute Gasteiger partial charge is 0.496 e. The molecule has 1 N–H and O–H groups in total. The molecular formula is C23H27N5O. The van der Waals surface area contributed by atoms with Gasteiger partial charge in [0.15, 0.2) is 5.82 Å². The van der Waals surface area contributed by atoms with Crippen molar-refractivity contribution in [2.24, 2.45) is 11.8 Å². The van der Waals surface area contributed by atoms with Crippen LogP contribution in [0.25, 0.3) is 22.4 Å². The molecule has 2 aliphatic carbocycles. The van der Waals surface area contributed by atoms with Crippen molar-refractivity contribution >= 4 is 5.82 Å². The van der Waals surface area contributed by atoms with Gasteiger partial charge >= 0.3 is 0 Å². The second-order valence-electron chi connectivity index (χ2n) is 8.46. The molecule has 2 fully saturated rings. The van der Waals surface area contributed by atoms with Crippen molar-refractivity contribution in [1.29, 1.82) is 0 Å². The molecule has 0 spiro atoms. The fourth-order valence-corrected chi connectivity index (χ4v) is 5.12. The van der Waals surface area contributed by atoms with Crippen molar-refractivity contribution in [3.8, 4) is 28.1 Å². The van der Waals surface area contributed by atoms with Crippen LogP contribution in [0, 0.1) is 11.8 Å². The second-order valence-corrected chi connectivity index (χ2v) is 8.46. The van der Waals surface area contributed by atoms with E-state index in [0.717, 1.165) is 45.8 Å². The van der Waals surface area contributed by atoms with Crippen molar-refractivity contribution in [2.45, 2.75) is 38.1 Å². The van der Waals surface area contributed by atoms with E-state index in [2.05, 4.69) is 44.5 Å². The predicted octanol–water partition coefficient (Wildman–Crippen LogP) is 4.56. The number of aromatic amines is 1. The molecule has 0 unspecified atom stereocenters. The number of methoxy groups -OCH3 is 1. The van der Waals surface area contributed by atoms with Gasteiger partial charge in [-0.25, -0.2) is 0 Å². The number of rotatable bonds is 5. The summed E-state index contributed by atoms with van der Waals surface area (Å²) in [6, 6.07) is 10.8. The summed E-state index contributed by atoms with van der Waals surface area (Å²) in [4.78, 5) is 2.33. The number of aromatic nitrogens is 4. The number of H-pyrrole nitrogens is 1. The van der Waals surface area contributed by atoms with E-state index >= 15 is 0 Å². The molecule has 5 rings (SSSR count). The van der Waals surface area contributed by atoms with Gasteiger partial charge in [-0.1, -0.05) is 18.9 Å². The molecule has 0 saturated heterocycles. The Morgan fingerprint density at radius 1 is 1.00 bits per heavy atom. The Morgan fingerprint density at radius 2 is 1.83 bits per heavy atom. The van der Waals surface area contributed by atoms with E-state index in [1.165, 1.54) is 32.1 Å². The Kier molecular flexibility index (Phi) is 4.70. The molecule has 0 radical (unpaired) electrons. The van der Waals surface area contributed by atoms with Crippen LogP contribution in [0.2, 0.25) is 0 Å². The number of hydrogen-bond acceptors (Lipinski definition) is 5. The molecule has 6 heteroatoms. The number of anilines is 1. The molecular weight excluding hydrogens is 362 g/mol. The van der Waals surface area contributed by atoms with Gasteiger partial charge in [0.2, 0.25) is 0 Å². The molecule has 2 bridgehead atoms. The number of nitrogens with one attached hydrogen (secondary N) is 1. The number of fused-ring (bicyclic) bond motifs is 2. The van der Waals surface area contributed by atoms with Crippen molar-refractivity contribution < 1.29 is 4.74 Å². The van der Waals surface area contributed by atoms with Gasteiger partial charge in [0.1, 0.15) is 5.75 Å². The zero-order chi connectivity index (χ0) is 19.8. The van der Waals surface area contributed by atoms with E-state index in [9.17, 15) is 0 Å². The number of ether oxygens (including phenoxy) is 1. The molecule has 2 heterocycles. The first-order chi connectivity index (χ1) is 14.2. The fraction of sp³-hybridized carbons (Fsp3) is 0.435. The monoisotopic (exact) mass is 389 g/mol. The zero-order valence-electron chi connectivity index (χ0n) is 17.0. The van der Waals surface area contributed by atoms with Gasteiger partial charge < -0.3 is 9.64 Å². The van der Waals surface area contributed by atoms with Gasteiger partial charge in [-0.15, -0.1) is 10.2 Å². The lowest BCUT2D eigenvalue weighted by Gasteiger charge is -2.35. The molecule has 2 saturated carbocycles. The number of benzene rings is 1.